The average Bonchev–Trinajstić information content (AvgIpc) is 2.93. The first-order valence-electron chi connectivity index (χ1n) is 12.5. The van der Waals surface area contributed by atoms with Crippen molar-refractivity contribution in [1.82, 2.24) is 19.8 Å². The summed E-state index contributed by atoms with van der Waals surface area (Å²) in [5, 5.41) is 2.94. The summed E-state index contributed by atoms with van der Waals surface area (Å²) in [6, 6.07) is 21.0. The number of benzene rings is 3. The van der Waals surface area contributed by atoms with Crippen molar-refractivity contribution in [3.63, 3.8) is 0 Å². The summed E-state index contributed by atoms with van der Waals surface area (Å²) >= 11 is 0. The highest BCUT2D eigenvalue weighted by molar-refractivity contribution is 7.89. The van der Waals surface area contributed by atoms with Gasteiger partial charge in [0.1, 0.15) is 11.5 Å². The van der Waals surface area contributed by atoms with Gasteiger partial charge in [-0.2, -0.15) is 0 Å². The molecule has 0 fully saturated rings. The topological polar surface area (TPSA) is 100 Å². The van der Waals surface area contributed by atoms with Crippen molar-refractivity contribution in [2.75, 3.05) is 55.5 Å². The van der Waals surface area contributed by atoms with Gasteiger partial charge in [-0.1, -0.05) is 30.3 Å². The number of carbonyl (C=O) groups excluding carboxylic acids is 1. The van der Waals surface area contributed by atoms with Gasteiger partial charge in [0.15, 0.2) is 0 Å². The van der Waals surface area contributed by atoms with Crippen molar-refractivity contribution in [2.24, 2.45) is 0 Å². The number of ether oxygens (including phenoxy) is 2. The van der Waals surface area contributed by atoms with E-state index >= 15 is 0 Å². The molecule has 0 bridgehead atoms. The van der Waals surface area contributed by atoms with E-state index in [9.17, 15) is 13.2 Å². The van der Waals surface area contributed by atoms with Gasteiger partial charge in [0.05, 0.1) is 25.2 Å². The third kappa shape index (κ3) is 8.03. The molecule has 2 atom stereocenters. The number of amides is 1. The minimum Gasteiger partial charge on any atom is -0.497 e. The second-order valence-electron chi connectivity index (χ2n) is 9.59. The molecule has 10 heteroatoms. The molecule has 210 valence electrons. The number of rotatable bonds is 13. The van der Waals surface area contributed by atoms with E-state index in [-0.39, 0.29) is 35.0 Å². The third-order valence-corrected chi connectivity index (χ3v) is 8.00. The number of nitrogens with zero attached hydrogens (tertiary/aromatic N) is 2. The van der Waals surface area contributed by atoms with Gasteiger partial charge in [0.2, 0.25) is 10.0 Å². The maximum atomic E-state index is 13.2. The maximum absolute atomic E-state index is 13.2. The summed E-state index contributed by atoms with van der Waals surface area (Å²) in [6.45, 7) is 0.504. The molecule has 39 heavy (non-hydrogen) atoms. The second-order valence-corrected chi connectivity index (χ2v) is 11.4. The first-order valence-corrected chi connectivity index (χ1v) is 14.0. The second kappa shape index (κ2) is 13.6. The van der Waals surface area contributed by atoms with Crippen LogP contribution in [0.1, 0.15) is 33.6 Å². The van der Waals surface area contributed by atoms with Gasteiger partial charge in [-0.15, -0.1) is 0 Å². The van der Waals surface area contributed by atoms with Crippen molar-refractivity contribution in [3.05, 3.63) is 89.5 Å². The van der Waals surface area contributed by atoms with Crippen LogP contribution in [0.15, 0.2) is 77.7 Å². The highest BCUT2D eigenvalue weighted by atomic mass is 32.2. The molecule has 0 radical (unpaired) electrons. The Kier molecular flexibility index (Phi) is 10.5. The number of hydrogen-bond acceptors (Lipinski definition) is 7. The van der Waals surface area contributed by atoms with E-state index in [1.54, 1.807) is 26.4 Å². The summed E-state index contributed by atoms with van der Waals surface area (Å²) in [5.74, 6) is 1.14. The zero-order chi connectivity index (χ0) is 28.6. The van der Waals surface area contributed by atoms with Crippen LogP contribution in [0.2, 0.25) is 0 Å². The van der Waals surface area contributed by atoms with Crippen LogP contribution in [0.3, 0.4) is 0 Å². The smallest absolute Gasteiger partial charge is 0.251 e. The largest absolute Gasteiger partial charge is 0.497 e. The van der Waals surface area contributed by atoms with Gasteiger partial charge >= 0.3 is 0 Å². The van der Waals surface area contributed by atoms with E-state index in [1.807, 2.05) is 86.5 Å². The van der Waals surface area contributed by atoms with Crippen LogP contribution in [0, 0.1) is 0 Å². The minimum absolute atomic E-state index is 0.0294. The number of methoxy groups -OCH3 is 2. The van der Waals surface area contributed by atoms with Crippen LogP contribution >= 0.6 is 0 Å². The van der Waals surface area contributed by atoms with Crippen molar-refractivity contribution < 1.29 is 22.7 Å². The highest BCUT2D eigenvalue weighted by Crippen LogP contribution is 2.23. The Hall–Kier alpha value is -3.44. The molecule has 3 aromatic rings. The molecule has 9 nitrogen and oxygen atoms in total. The normalized spacial score (nSPS) is 13.2. The molecule has 0 unspecified atom stereocenters. The number of hydrogen-bond donors (Lipinski definition) is 2. The molecule has 0 aliphatic heterocycles. The Balaban J connectivity index is 1.69. The molecular weight excluding hydrogens is 516 g/mol. The maximum Gasteiger partial charge on any atom is 0.251 e. The van der Waals surface area contributed by atoms with Gasteiger partial charge in [-0.3, -0.25) is 4.79 Å². The first kappa shape index (κ1) is 30.1. The Labute approximate surface area is 231 Å². The molecular formula is C29H38N4O5S. The lowest BCUT2D eigenvalue weighted by Crippen LogP contribution is -2.35. The first-order chi connectivity index (χ1) is 18.6. The fourth-order valence-corrected chi connectivity index (χ4v) is 5.30. The summed E-state index contributed by atoms with van der Waals surface area (Å²) < 4.78 is 39.5. The van der Waals surface area contributed by atoms with E-state index < -0.39 is 10.0 Å². The molecule has 1 amide bonds. The van der Waals surface area contributed by atoms with Gasteiger partial charge < -0.3 is 24.6 Å². The van der Waals surface area contributed by atoms with Gasteiger partial charge in [0, 0.05) is 24.7 Å². The molecule has 0 saturated carbocycles. The minimum atomic E-state index is -3.86. The SMILES string of the molecule is COc1ccc([C@@H](CNS(=O)(=O)c2cccc(C(=O)NC[C@@H](c3ccc(OC)cc3)N(C)C)c2)N(C)C)cc1. The van der Waals surface area contributed by atoms with Crippen LogP contribution in [0.4, 0.5) is 0 Å². The molecule has 0 aromatic heterocycles. The summed E-state index contributed by atoms with van der Waals surface area (Å²) in [7, 11) is 7.01. The average molecular weight is 555 g/mol. The van der Waals surface area contributed by atoms with E-state index in [4.69, 9.17) is 9.47 Å². The standard InChI is InChI=1S/C29H38N4O5S/c1-32(2)27(21-10-14-24(37-5)15-11-21)19-30-29(34)23-8-7-9-26(18-23)39(35,36)31-20-28(33(3)4)22-12-16-25(38-6)17-13-22/h7-18,27-28,31H,19-20H2,1-6H3,(H,30,34)/t27-,28+/m0/s1. The van der Waals surface area contributed by atoms with Crippen molar-refractivity contribution >= 4 is 15.9 Å². The molecule has 2 N–H and O–H groups in total. The summed E-state index contributed by atoms with van der Waals surface area (Å²) in [4.78, 5) is 17.0. The zero-order valence-corrected chi connectivity index (χ0v) is 24.2. The molecule has 0 heterocycles. The monoisotopic (exact) mass is 554 g/mol. The van der Waals surface area contributed by atoms with Crippen molar-refractivity contribution in [3.8, 4) is 11.5 Å². The van der Waals surface area contributed by atoms with Crippen LogP contribution < -0.4 is 19.5 Å². The van der Waals surface area contributed by atoms with Crippen LogP contribution in [-0.2, 0) is 10.0 Å². The Morgan fingerprint density at radius 3 is 1.72 bits per heavy atom. The molecule has 3 aromatic carbocycles. The van der Waals surface area contributed by atoms with E-state index in [1.165, 1.54) is 12.1 Å². The predicted molar refractivity (Wildman–Crippen MR) is 153 cm³/mol. The lowest BCUT2D eigenvalue weighted by Gasteiger charge is -2.25. The number of nitrogens with one attached hydrogen (secondary N) is 2. The number of likely N-dealkylation sites (N-methyl/N-ethyl adjacent to an activating group) is 2. The van der Waals surface area contributed by atoms with Crippen molar-refractivity contribution in [2.45, 2.75) is 17.0 Å². The lowest BCUT2D eigenvalue weighted by molar-refractivity contribution is 0.0941. The van der Waals surface area contributed by atoms with E-state index in [2.05, 4.69) is 10.0 Å². The molecule has 3 rings (SSSR count). The molecule has 0 aliphatic carbocycles. The van der Waals surface area contributed by atoms with Crippen LogP contribution in [0.25, 0.3) is 0 Å². The Bertz CT molecular complexity index is 1330. The number of sulfonamides is 1. The Morgan fingerprint density at radius 2 is 1.26 bits per heavy atom. The van der Waals surface area contributed by atoms with E-state index in [0.717, 1.165) is 22.6 Å². The highest BCUT2D eigenvalue weighted by Gasteiger charge is 2.22. The molecule has 0 aliphatic rings. The quantitative estimate of drug-likeness (QED) is 0.334. The van der Waals surface area contributed by atoms with Gasteiger partial charge in [-0.25, -0.2) is 13.1 Å². The molecule has 0 saturated heterocycles. The number of carbonyl (C=O) groups is 1. The van der Waals surface area contributed by atoms with Gasteiger partial charge in [0.25, 0.3) is 5.91 Å². The van der Waals surface area contributed by atoms with Crippen LogP contribution in [-0.4, -0.2) is 79.6 Å². The van der Waals surface area contributed by atoms with Crippen molar-refractivity contribution in [1.29, 1.82) is 0 Å². The fraction of sp³-hybridized carbons (Fsp3) is 0.345. The Morgan fingerprint density at radius 1 is 0.769 bits per heavy atom. The zero-order valence-electron chi connectivity index (χ0n) is 23.3. The third-order valence-electron chi connectivity index (χ3n) is 6.58. The predicted octanol–water partition coefficient (Wildman–Crippen LogP) is 3.32. The fourth-order valence-electron chi connectivity index (χ4n) is 4.22. The molecule has 0 spiro atoms. The summed E-state index contributed by atoms with van der Waals surface area (Å²) in [6.07, 6.45) is 0. The lowest BCUT2D eigenvalue weighted by atomic mass is 10.1. The van der Waals surface area contributed by atoms with E-state index in [0.29, 0.717) is 6.54 Å². The van der Waals surface area contributed by atoms with Crippen LogP contribution in [0.5, 0.6) is 11.5 Å². The van der Waals surface area contributed by atoms with Gasteiger partial charge in [-0.05, 0) is 81.8 Å². The summed E-state index contributed by atoms with van der Waals surface area (Å²) in [5.41, 5.74) is 2.24.